The van der Waals surface area contributed by atoms with Gasteiger partial charge in [-0.2, -0.15) is 5.10 Å². The summed E-state index contributed by atoms with van der Waals surface area (Å²) >= 11 is 0. The van der Waals surface area contributed by atoms with Crippen molar-refractivity contribution in [2.75, 3.05) is 13.1 Å². The Morgan fingerprint density at radius 3 is 2.75 bits per heavy atom. The van der Waals surface area contributed by atoms with Crippen molar-refractivity contribution in [3.05, 3.63) is 17.5 Å². The highest BCUT2D eigenvalue weighted by molar-refractivity contribution is 5.98. The molecule has 1 saturated carbocycles. The highest BCUT2D eigenvalue weighted by atomic mass is 16.3. The smallest absolute Gasteiger partial charge is 0.274 e. The van der Waals surface area contributed by atoms with Gasteiger partial charge in [0.25, 0.3) is 11.8 Å². The van der Waals surface area contributed by atoms with E-state index in [0.29, 0.717) is 17.9 Å². The van der Waals surface area contributed by atoms with Gasteiger partial charge in [0.05, 0.1) is 12.6 Å². The van der Waals surface area contributed by atoms with Crippen LogP contribution in [0.2, 0.25) is 0 Å². The van der Waals surface area contributed by atoms with Gasteiger partial charge in [-0.1, -0.05) is 25.7 Å². The van der Waals surface area contributed by atoms with Crippen LogP contribution in [0, 0.1) is 0 Å². The van der Waals surface area contributed by atoms with E-state index in [2.05, 4.69) is 10.4 Å². The van der Waals surface area contributed by atoms with E-state index in [9.17, 15) is 14.7 Å². The normalized spacial score (nSPS) is 22.2. The van der Waals surface area contributed by atoms with E-state index in [1.54, 1.807) is 6.07 Å². The minimum Gasteiger partial charge on any atom is -0.389 e. The van der Waals surface area contributed by atoms with Crippen molar-refractivity contribution in [1.29, 1.82) is 0 Å². The van der Waals surface area contributed by atoms with E-state index < -0.39 is 6.10 Å². The summed E-state index contributed by atoms with van der Waals surface area (Å²) in [5, 5.41) is 16.8. The van der Waals surface area contributed by atoms with Crippen LogP contribution in [0.3, 0.4) is 0 Å². The molecule has 2 amide bonds. The Labute approximate surface area is 142 Å². The fourth-order valence-corrected chi connectivity index (χ4v) is 3.69. The summed E-state index contributed by atoms with van der Waals surface area (Å²) in [5.41, 5.74) is 0.632. The first-order valence-electron chi connectivity index (χ1n) is 8.95. The number of fused-ring (bicyclic) bond motifs is 1. The van der Waals surface area contributed by atoms with Gasteiger partial charge in [0.1, 0.15) is 5.69 Å². The molecule has 7 heteroatoms. The highest BCUT2D eigenvalue weighted by Crippen LogP contribution is 2.23. The molecule has 1 atom stereocenters. The van der Waals surface area contributed by atoms with Crippen LogP contribution >= 0.6 is 0 Å². The van der Waals surface area contributed by atoms with Crippen LogP contribution < -0.4 is 5.32 Å². The van der Waals surface area contributed by atoms with Gasteiger partial charge in [-0.05, 0) is 19.8 Å². The predicted molar refractivity (Wildman–Crippen MR) is 88.8 cm³/mol. The molecule has 7 nitrogen and oxygen atoms in total. The lowest BCUT2D eigenvalue weighted by Crippen LogP contribution is -2.40. The fourth-order valence-electron chi connectivity index (χ4n) is 3.69. The molecular formula is C17H26N4O3. The molecule has 2 heterocycles. The van der Waals surface area contributed by atoms with Gasteiger partial charge in [0, 0.05) is 25.2 Å². The van der Waals surface area contributed by atoms with Crippen molar-refractivity contribution in [2.45, 2.75) is 64.1 Å². The second-order valence-corrected chi connectivity index (χ2v) is 6.70. The lowest BCUT2D eigenvalue weighted by Gasteiger charge is -2.29. The summed E-state index contributed by atoms with van der Waals surface area (Å²) in [5.74, 6) is -0.414. The van der Waals surface area contributed by atoms with Crippen LogP contribution in [0.5, 0.6) is 0 Å². The van der Waals surface area contributed by atoms with Crippen LogP contribution in [-0.2, 0) is 6.54 Å². The summed E-state index contributed by atoms with van der Waals surface area (Å²) < 4.78 is 1.45. The number of amides is 2. The lowest BCUT2D eigenvalue weighted by molar-refractivity contribution is 0.0664. The van der Waals surface area contributed by atoms with Crippen molar-refractivity contribution in [1.82, 2.24) is 20.0 Å². The van der Waals surface area contributed by atoms with Gasteiger partial charge in [-0.25, -0.2) is 0 Å². The monoisotopic (exact) mass is 334 g/mol. The SMILES string of the molecule is CCN(C(=O)c1cc2n(n1)C[C@H](O)CNC2=O)C1CCCCCC1. The first-order valence-corrected chi connectivity index (χ1v) is 8.95. The summed E-state index contributed by atoms with van der Waals surface area (Å²) in [6.07, 6.45) is 6.16. The van der Waals surface area contributed by atoms with E-state index in [-0.39, 0.29) is 30.9 Å². The highest BCUT2D eigenvalue weighted by Gasteiger charge is 2.29. The minimum absolute atomic E-state index is 0.118. The topological polar surface area (TPSA) is 87.5 Å². The average molecular weight is 334 g/mol. The van der Waals surface area contributed by atoms with Gasteiger partial charge in [0.2, 0.25) is 0 Å². The molecule has 0 bridgehead atoms. The number of hydrogen-bond donors (Lipinski definition) is 2. The van der Waals surface area contributed by atoms with E-state index in [4.69, 9.17) is 0 Å². The molecule has 0 aromatic carbocycles. The van der Waals surface area contributed by atoms with Crippen molar-refractivity contribution in [3.63, 3.8) is 0 Å². The summed E-state index contributed by atoms with van der Waals surface area (Å²) in [6, 6.07) is 1.81. The molecule has 1 aliphatic heterocycles. The number of aliphatic hydroxyl groups excluding tert-OH is 1. The van der Waals surface area contributed by atoms with Crippen LogP contribution in [0.1, 0.15) is 66.4 Å². The molecular weight excluding hydrogens is 308 g/mol. The third-order valence-electron chi connectivity index (χ3n) is 4.98. The molecule has 0 radical (unpaired) electrons. The number of β-amino-alcohol motifs (C(OH)–C–C–N with tert-alkyl or cyclic N) is 1. The Morgan fingerprint density at radius 2 is 2.08 bits per heavy atom. The van der Waals surface area contributed by atoms with Gasteiger partial charge in [0.15, 0.2) is 5.69 Å². The van der Waals surface area contributed by atoms with Gasteiger partial charge < -0.3 is 15.3 Å². The van der Waals surface area contributed by atoms with E-state index in [0.717, 1.165) is 25.7 Å². The van der Waals surface area contributed by atoms with Crippen LogP contribution in [0.25, 0.3) is 0 Å². The largest absolute Gasteiger partial charge is 0.389 e. The Balaban J connectivity index is 1.82. The quantitative estimate of drug-likeness (QED) is 0.813. The van der Waals surface area contributed by atoms with E-state index >= 15 is 0 Å². The Kier molecular flexibility index (Phi) is 5.18. The predicted octanol–water partition coefficient (Wildman–Crippen LogP) is 1.17. The van der Waals surface area contributed by atoms with Crippen molar-refractivity contribution in [2.24, 2.45) is 0 Å². The standard InChI is InChI=1S/C17H26N4O3/c1-2-20(12-7-5-3-4-6-8-12)17(24)14-9-15-16(23)18-10-13(22)11-21(15)19-14/h9,12-13,22H,2-8,10-11H2,1H3,(H,18,23)/t13-/m1/s1. The zero-order valence-electron chi connectivity index (χ0n) is 14.2. The Bertz CT molecular complexity index is 605. The second kappa shape index (κ2) is 7.34. The maximum Gasteiger partial charge on any atom is 0.274 e. The maximum atomic E-state index is 12.9. The van der Waals surface area contributed by atoms with Crippen LogP contribution in [0.15, 0.2) is 6.07 Å². The zero-order chi connectivity index (χ0) is 17.1. The van der Waals surface area contributed by atoms with E-state index in [1.165, 1.54) is 17.5 Å². The van der Waals surface area contributed by atoms with Crippen LogP contribution in [-0.4, -0.2) is 56.8 Å². The maximum absolute atomic E-state index is 12.9. The van der Waals surface area contributed by atoms with Gasteiger partial charge >= 0.3 is 0 Å². The zero-order valence-corrected chi connectivity index (χ0v) is 14.2. The minimum atomic E-state index is -0.692. The molecule has 1 aromatic rings. The number of carbonyl (C=O) groups excluding carboxylic acids is 2. The molecule has 1 fully saturated rings. The van der Waals surface area contributed by atoms with Gasteiger partial charge in [-0.3, -0.25) is 14.3 Å². The number of hydrogen-bond acceptors (Lipinski definition) is 4. The first kappa shape index (κ1) is 17.0. The Hall–Kier alpha value is -1.89. The van der Waals surface area contributed by atoms with E-state index in [1.807, 2.05) is 11.8 Å². The number of carbonyl (C=O) groups is 2. The number of nitrogens with one attached hydrogen (secondary N) is 1. The number of aromatic nitrogens is 2. The molecule has 1 aliphatic carbocycles. The third kappa shape index (κ3) is 3.45. The molecule has 0 spiro atoms. The molecule has 2 N–H and O–H groups in total. The third-order valence-corrected chi connectivity index (χ3v) is 4.98. The van der Waals surface area contributed by atoms with Crippen molar-refractivity contribution < 1.29 is 14.7 Å². The molecule has 2 aliphatic rings. The Morgan fingerprint density at radius 1 is 1.38 bits per heavy atom. The first-order chi connectivity index (χ1) is 11.6. The summed E-state index contributed by atoms with van der Waals surface area (Å²) in [6.45, 7) is 3.05. The van der Waals surface area contributed by atoms with Crippen LogP contribution in [0.4, 0.5) is 0 Å². The lowest BCUT2D eigenvalue weighted by atomic mass is 10.1. The van der Waals surface area contributed by atoms with Crippen molar-refractivity contribution in [3.8, 4) is 0 Å². The molecule has 3 rings (SSSR count). The number of rotatable bonds is 3. The fraction of sp³-hybridized carbons (Fsp3) is 0.706. The van der Waals surface area contributed by atoms with Gasteiger partial charge in [-0.15, -0.1) is 0 Å². The summed E-state index contributed by atoms with van der Waals surface area (Å²) in [7, 11) is 0. The van der Waals surface area contributed by atoms with Crippen molar-refractivity contribution >= 4 is 11.8 Å². The summed E-state index contributed by atoms with van der Waals surface area (Å²) in [4.78, 5) is 26.9. The molecule has 132 valence electrons. The molecule has 24 heavy (non-hydrogen) atoms. The average Bonchev–Trinajstić information content (AvgIpc) is 2.73. The molecule has 1 aromatic heterocycles. The number of nitrogens with zero attached hydrogens (tertiary/aromatic N) is 3. The second-order valence-electron chi connectivity index (χ2n) is 6.70. The number of aliphatic hydroxyl groups is 1. The molecule has 0 unspecified atom stereocenters. The molecule has 0 saturated heterocycles.